The second kappa shape index (κ2) is 8.94. The number of piperidine rings is 1. The summed E-state index contributed by atoms with van der Waals surface area (Å²) in [5.41, 5.74) is 0. The van der Waals surface area contributed by atoms with Crippen LogP contribution in [0.2, 0.25) is 0 Å². The molecule has 1 fully saturated rings. The molecule has 1 aromatic rings. The SMILES string of the molecule is CC(=O)NCCCC(=O)N1CCC(c2nnc(CN(C)C)n2C)CC1. The average Bonchev–Trinajstić information content (AvgIpc) is 2.91. The minimum absolute atomic E-state index is 0.0504. The van der Waals surface area contributed by atoms with Crippen LogP contribution in [0.15, 0.2) is 0 Å². The normalized spacial score (nSPS) is 15.6. The Morgan fingerprint density at radius 1 is 1.24 bits per heavy atom. The second-order valence-corrected chi connectivity index (χ2v) is 7.01. The minimum atomic E-state index is -0.0504. The Balaban J connectivity index is 1.80. The molecule has 0 saturated carbocycles. The van der Waals surface area contributed by atoms with Gasteiger partial charge in [-0.1, -0.05) is 0 Å². The number of rotatable bonds is 7. The highest BCUT2D eigenvalue weighted by Gasteiger charge is 2.27. The molecule has 140 valence electrons. The van der Waals surface area contributed by atoms with Crippen molar-refractivity contribution in [1.29, 1.82) is 0 Å². The van der Waals surface area contributed by atoms with Crippen LogP contribution >= 0.6 is 0 Å². The number of hydrogen-bond acceptors (Lipinski definition) is 5. The largest absolute Gasteiger partial charge is 0.356 e. The minimum Gasteiger partial charge on any atom is -0.356 e. The molecule has 0 aliphatic carbocycles. The van der Waals surface area contributed by atoms with Gasteiger partial charge >= 0.3 is 0 Å². The van der Waals surface area contributed by atoms with Crippen LogP contribution in [0.5, 0.6) is 0 Å². The smallest absolute Gasteiger partial charge is 0.222 e. The number of hydrogen-bond donors (Lipinski definition) is 1. The number of amides is 2. The van der Waals surface area contributed by atoms with Gasteiger partial charge in [-0.05, 0) is 33.4 Å². The van der Waals surface area contributed by atoms with Gasteiger partial charge in [-0.25, -0.2) is 0 Å². The van der Waals surface area contributed by atoms with E-state index in [4.69, 9.17) is 0 Å². The highest BCUT2D eigenvalue weighted by molar-refractivity contribution is 5.76. The van der Waals surface area contributed by atoms with Gasteiger partial charge in [-0.3, -0.25) is 9.59 Å². The zero-order chi connectivity index (χ0) is 18.4. The Labute approximate surface area is 149 Å². The number of nitrogens with one attached hydrogen (secondary N) is 1. The summed E-state index contributed by atoms with van der Waals surface area (Å²) in [6.07, 6.45) is 3.02. The predicted molar refractivity (Wildman–Crippen MR) is 94.9 cm³/mol. The van der Waals surface area contributed by atoms with Crippen LogP contribution in [0.1, 0.15) is 50.2 Å². The average molecular weight is 350 g/mol. The molecule has 1 saturated heterocycles. The van der Waals surface area contributed by atoms with E-state index in [0.717, 1.165) is 44.1 Å². The van der Waals surface area contributed by atoms with Gasteiger partial charge in [0, 0.05) is 45.9 Å². The predicted octanol–water partition coefficient (Wildman–Crippen LogP) is 0.499. The van der Waals surface area contributed by atoms with Crippen LogP contribution in [-0.4, -0.2) is 70.1 Å². The Morgan fingerprint density at radius 3 is 2.52 bits per heavy atom. The van der Waals surface area contributed by atoms with Gasteiger partial charge in [-0.2, -0.15) is 0 Å². The molecule has 1 N–H and O–H groups in total. The van der Waals surface area contributed by atoms with Gasteiger partial charge in [0.2, 0.25) is 11.8 Å². The molecule has 2 rings (SSSR count). The molecular formula is C17H30N6O2. The van der Waals surface area contributed by atoms with Crippen LogP contribution < -0.4 is 5.32 Å². The van der Waals surface area contributed by atoms with E-state index in [2.05, 4.69) is 25.0 Å². The molecule has 0 aromatic carbocycles. The maximum absolute atomic E-state index is 12.3. The molecule has 8 nitrogen and oxygen atoms in total. The van der Waals surface area contributed by atoms with Gasteiger partial charge in [0.25, 0.3) is 0 Å². The highest BCUT2D eigenvalue weighted by Crippen LogP contribution is 2.27. The fourth-order valence-corrected chi connectivity index (χ4v) is 3.20. The van der Waals surface area contributed by atoms with E-state index >= 15 is 0 Å². The van der Waals surface area contributed by atoms with Crippen molar-refractivity contribution in [2.75, 3.05) is 33.7 Å². The Bertz CT molecular complexity index is 590. The molecule has 0 unspecified atom stereocenters. The molecular weight excluding hydrogens is 320 g/mol. The van der Waals surface area contributed by atoms with Gasteiger partial charge in [0.15, 0.2) is 0 Å². The molecule has 1 aliphatic heterocycles. The number of carbonyl (C=O) groups is 2. The van der Waals surface area contributed by atoms with Crippen molar-refractivity contribution >= 4 is 11.8 Å². The molecule has 2 amide bonds. The zero-order valence-corrected chi connectivity index (χ0v) is 15.8. The van der Waals surface area contributed by atoms with Crippen molar-refractivity contribution in [2.24, 2.45) is 7.05 Å². The fourth-order valence-electron chi connectivity index (χ4n) is 3.20. The molecule has 1 aromatic heterocycles. The quantitative estimate of drug-likeness (QED) is 0.724. The van der Waals surface area contributed by atoms with E-state index in [1.807, 2.05) is 26.0 Å². The van der Waals surface area contributed by atoms with Gasteiger partial charge in [0.1, 0.15) is 11.6 Å². The summed E-state index contributed by atoms with van der Waals surface area (Å²) in [6, 6.07) is 0. The Morgan fingerprint density at radius 2 is 1.92 bits per heavy atom. The Hall–Kier alpha value is -1.96. The standard InChI is InChI=1S/C17H30N6O2/c1-13(24)18-9-5-6-16(25)23-10-7-14(8-11-23)17-20-19-15(22(17)4)12-21(2)3/h14H,5-12H2,1-4H3,(H,18,24). The molecule has 0 atom stereocenters. The number of nitrogens with zero attached hydrogens (tertiary/aromatic N) is 5. The molecule has 25 heavy (non-hydrogen) atoms. The molecule has 0 spiro atoms. The van der Waals surface area contributed by atoms with E-state index in [1.165, 1.54) is 6.92 Å². The van der Waals surface area contributed by atoms with E-state index < -0.39 is 0 Å². The lowest BCUT2D eigenvalue weighted by Crippen LogP contribution is -2.38. The van der Waals surface area contributed by atoms with Crippen LogP contribution in [0.4, 0.5) is 0 Å². The van der Waals surface area contributed by atoms with E-state index in [-0.39, 0.29) is 11.8 Å². The third kappa shape index (κ3) is 5.52. The number of likely N-dealkylation sites (tertiary alicyclic amines) is 1. The van der Waals surface area contributed by atoms with Crippen molar-refractivity contribution in [3.63, 3.8) is 0 Å². The van der Waals surface area contributed by atoms with E-state index in [9.17, 15) is 9.59 Å². The van der Waals surface area contributed by atoms with Crippen molar-refractivity contribution in [3.8, 4) is 0 Å². The first kappa shape index (κ1) is 19.4. The summed E-state index contributed by atoms with van der Waals surface area (Å²) >= 11 is 0. The highest BCUT2D eigenvalue weighted by atomic mass is 16.2. The maximum Gasteiger partial charge on any atom is 0.222 e. The lowest BCUT2D eigenvalue weighted by molar-refractivity contribution is -0.132. The summed E-state index contributed by atoms with van der Waals surface area (Å²) in [5, 5.41) is 11.4. The number of aromatic nitrogens is 3. The maximum atomic E-state index is 12.3. The summed E-state index contributed by atoms with van der Waals surface area (Å²) in [4.78, 5) is 27.1. The molecule has 0 radical (unpaired) electrons. The van der Waals surface area contributed by atoms with E-state index in [0.29, 0.717) is 25.3 Å². The topological polar surface area (TPSA) is 83.4 Å². The monoisotopic (exact) mass is 350 g/mol. The van der Waals surface area contributed by atoms with Gasteiger partial charge < -0.3 is 19.7 Å². The van der Waals surface area contributed by atoms with Crippen molar-refractivity contribution in [1.82, 2.24) is 29.9 Å². The second-order valence-electron chi connectivity index (χ2n) is 7.01. The number of carbonyl (C=O) groups excluding carboxylic acids is 2. The van der Waals surface area contributed by atoms with Crippen LogP contribution in [0.25, 0.3) is 0 Å². The first-order chi connectivity index (χ1) is 11.9. The fraction of sp³-hybridized carbons (Fsp3) is 0.765. The van der Waals surface area contributed by atoms with Gasteiger partial charge in [0.05, 0.1) is 6.54 Å². The van der Waals surface area contributed by atoms with Crippen LogP contribution in [0, 0.1) is 0 Å². The molecule has 2 heterocycles. The van der Waals surface area contributed by atoms with E-state index in [1.54, 1.807) is 0 Å². The molecule has 0 bridgehead atoms. The third-order valence-electron chi connectivity index (χ3n) is 4.61. The summed E-state index contributed by atoms with van der Waals surface area (Å²) in [5.74, 6) is 2.48. The Kier molecular flexibility index (Phi) is 6.92. The first-order valence-corrected chi connectivity index (χ1v) is 8.93. The molecule has 1 aliphatic rings. The molecule has 8 heteroatoms. The summed E-state index contributed by atoms with van der Waals surface area (Å²) < 4.78 is 2.09. The van der Waals surface area contributed by atoms with Crippen molar-refractivity contribution in [2.45, 2.75) is 45.1 Å². The first-order valence-electron chi connectivity index (χ1n) is 8.93. The summed E-state index contributed by atoms with van der Waals surface area (Å²) in [6.45, 7) is 4.35. The van der Waals surface area contributed by atoms with Crippen LogP contribution in [0.3, 0.4) is 0 Å². The third-order valence-corrected chi connectivity index (χ3v) is 4.61. The van der Waals surface area contributed by atoms with Crippen LogP contribution in [-0.2, 0) is 23.2 Å². The zero-order valence-electron chi connectivity index (χ0n) is 15.8. The van der Waals surface area contributed by atoms with Gasteiger partial charge in [-0.15, -0.1) is 10.2 Å². The summed E-state index contributed by atoms with van der Waals surface area (Å²) in [7, 11) is 6.06. The lowest BCUT2D eigenvalue weighted by Gasteiger charge is -2.31. The lowest BCUT2D eigenvalue weighted by atomic mass is 9.95. The van der Waals surface area contributed by atoms with Crippen molar-refractivity contribution < 1.29 is 9.59 Å². The van der Waals surface area contributed by atoms with Crippen molar-refractivity contribution in [3.05, 3.63) is 11.6 Å².